The van der Waals surface area contributed by atoms with Gasteiger partial charge < -0.3 is 15.3 Å². The van der Waals surface area contributed by atoms with E-state index in [2.05, 4.69) is 38.0 Å². The normalized spacial score (nSPS) is 25.3. The highest BCUT2D eigenvalue weighted by Gasteiger charge is 2.24. The monoisotopic (exact) mass is 228 g/mol. The van der Waals surface area contributed by atoms with Gasteiger partial charge in [0.15, 0.2) is 0 Å². The highest BCUT2D eigenvalue weighted by atomic mass is 16.3. The summed E-state index contributed by atoms with van der Waals surface area (Å²) in [5.41, 5.74) is 0. The van der Waals surface area contributed by atoms with Gasteiger partial charge in [0, 0.05) is 18.7 Å². The standard InChI is InChI=1S/C13H28N2O/c1-10(9-16)11(2)14-12(3)13-5-7-15(4)8-6-13/h10-14,16H,5-9H2,1-4H3. The Labute approximate surface area is 100 Å². The highest BCUT2D eigenvalue weighted by Crippen LogP contribution is 2.20. The van der Waals surface area contributed by atoms with Crippen molar-refractivity contribution in [3.8, 4) is 0 Å². The highest BCUT2D eigenvalue weighted by molar-refractivity contribution is 4.81. The van der Waals surface area contributed by atoms with E-state index in [1.54, 1.807) is 0 Å². The predicted octanol–water partition coefficient (Wildman–Crippen LogP) is 1.32. The Bertz CT molecular complexity index is 190. The topological polar surface area (TPSA) is 35.5 Å². The van der Waals surface area contributed by atoms with E-state index in [-0.39, 0.29) is 6.61 Å². The molecule has 1 heterocycles. The molecule has 0 aliphatic carbocycles. The largest absolute Gasteiger partial charge is 0.396 e. The van der Waals surface area contributed by atoms with Crippen molar-refractivity contribution in [3.05, 3.63) is 0 Å². The lowest BCUT2D eigenvalue weighted by Crippen LogP contribution is -2.46. The number of hydrogen-bond donors (Lipinski definition) is 2. The summed E-state index contributed by atoms with van der Waals surface area (Å²) < 4.78 is 0. The van der Waals surface area contributed by atoms with Crippen molar-refractivity contribution in [1.82, 2.24) is 10.2 Å². The molecule has 3 nitrogen and oxygen atoms in total. The molecule has 0 spiro atoms. The number of nitrogens with one attached hydrogen (secondary N) is 1. The van der Waals surface area contributed by atoms with Gasteiger partial charge in [0.1, 0.15) is 0 Å². The molecule has 0 aromatic heterocycles. The fourth-order valence-corrected chi connectivity index (χ4v) is 2.40. The van der Waals surface area contributed by atoms with Crippen LogP contribution in [0.1, 0.15) is 33.6 Å². The molecular weight excluding hydrogens is 200 g/mol. The number of nitrogens with zero attached hydrogens (tertiary/aromatic N) is 1. The number of aliphatic hydroxyl groups excluding tert-OH is 1. The van der Waals surface area contributed by atoms with Gasteiger partial charge in [-0.3, -0.25) is 0 Å². The summed E-state index contributed by atoms with van der Waals surface area (Å²) in [6.45, 7) is 9.28. The summed E-state index contributed by atoms with van der Waals surface area (Å²) in [7, 11) is 2.20. The van der Waals surface area contributed by atoms with Crippen LogP contribution in [0.3, 0.4) is 0 Å². The van der Waals surface area contributed by atoms with Crippen molar-refractivity contribution in [2.45, 2.75) is 45.7 Å². The fraction of sp³-hybridized carbons (Fsp3) is 1.00. The molecule has 0 amide bonds. The fourth-order valence-electron chi connectivity index (χ4n) is 2.40. The number of hydrogen-bond acceptors (Lipinski definition) is 3. The first-order valence-electron chi connectivity index (χ1n) is 6.60. The third-order valence-corrected chi connectivity index (χ3v) is 4.14. The first kappa shape index (κ1) is 13.9. The van der Waals surface area contributed by atoms with Crippen LogP contribution in [-0.2, 0) is 0 Å². The van der Waals surface area contributed by atoms with Crippen LogP contribution >= 0.6 is 0 Å². The second-order valence-corrected chi connectivity index (χ2v) is 5.54. The lowest BCUT2D eigenvalue weighted by molar-refractivity contribution is 0.162. The predicted molar refractivity (Wildman–Crippen MR) is 68.5 cm³/mol. The molecule has 0 radical (unpaired) electrons. The maximum Gasteiger partial charge on any atom is 0.0471 e. The summed E-state index contributed by atoms with van der Waals surface area (Å²) >= 11 is 0. The molecule has 1 aliphatic heterocycles. The molecular formula is C13H28N2O. The minimum atomic E-state index is 0.272. The Kier molecular flexibility index (Phi) is 5.73. The van der Waals surface area contributed by atoms with E-state index in [0.717, 1.165) is 5.92 Å². The van der Waals surface area contributed by atoms with Gasteiger partial charge in [-0.15, -0.1) is 0 Å². The van der Waals surface area contributed by atoms with Crippen molar-refractivity contribution >= 4 is 0 Å². The molecule has 1 aliphatic rings. The molecule has 1 fully saturated rings. The van der Waals surface area contributed by atoms with Gasteiger partial charge in [0.2, 0.25) is 0 Å². The molecule has 0 aromatic rings. The summed E-state index contributed by atoms with van der Waals surface area (Å²) in [5, 5.41) is 12.8. The van der Waals surface area contributed by atoms with Crippen LogP contribution in [0.15, 0.2) is 0 Å². The Morgan fingerprint density at radius 3 is 2.31 bits per heavy atom. The van der Waals surface area contributed by atoms with Crippen molar-refractivity contribution in [3.63, 3.8) is 0 Å². The summed E-state index contributed by atoms with van der Waals surface area (Å²) in [4.78, 5) is 2.41. The summed E-state index contributed by atoms with van der Waals surface area (Å²) in [6.07, 6.45) is 2.59. The zero-order chi connectivity index (χ0) is 12.1. The number of rotatable bonds is 5. The molecule has 3 atom stereocenters. The van der Waals surface area contributed by atoms with Crippen LogP contribution < -0.4 is 5.32 Å². The minimum Gasteiger partial charge on any atom is -0.396 e. The second kappa shape index (κ2) is 6.58. The van der Waals surface area contributed by atoms with Gasteiger partial charge in [-0.05, 0) is 58.7 Å². The van der Waals surface area contributed by atoms with Crippen molar-refractivity contribution < 1.29 is 5.11 Å². The van der Waals surface area contributed by atoms with E-state index < -0.39 is 0 Å². The maximum absolute atomic E-state index is 9.12. The summed E-state index contributed by atoms with van der Waals surface area (Å²) in [5.74, 6) is 1.14. The smallest absolute Gasteiger partial charge is 0.0471 e. The molecule has 1 saturated heterocycles. The third kappa shape index (κ3) is 4.04. The van der Waals surface area contributed by atoms with Gasteiger partial charge >= 0.3 is 0 Å². The van der Waals surface area contributed by atoms with Crippen LogP contribution in [0.5, 0.6) is 0 Å². The molecule has 2 N–H and O–H groups in total. The van der Waals surface area contributed by atoms with Crippen LogP contribution in [0.4, 0.5) is 0 Å². The van der Waals surface area contributed by atoms with Crippen molar-refractivity contribution in [1.29, 1.82) is 0 Å². The Morgan fingerprint density at radius 1 is 1.25 bits per heavy atom. The maximum atomic E-state index is 9.12. The first-order valence-corrected chi connectivity index (χ1v) is 6.60. The number of likely N-dealkylation sites (tertiary alicyclic amines) is 1. The van der Waals surface area contributed by atoms with E-state index >= 15 is 0 Å². The number of piperidine rings is 1. The zero-order valence-electron chi connectivity index (χ0n) is 11.2. The van der Waals surface area contributed by atoms with Gasteiger partial charge in [0.25, 0.3) is 0 Å². The van der Waals surface area contributed by atoms with Gasteiger partial charge in [-0.2, -0.15) is 0 Å². The van der Waals surface area contributed by atoms with Crippen molar-refractivity contribution in [2.24, 2.45) is 11.8 Å². The van der Waals surface area contributed by atoms with E-state index in [1.807, 2.05) is 0 Å². The van der Waals surface area contributed by atoms with Crippen LogP contribution in [0.25, 0.3) is 0 Å². The van der Waals surface area contributed by atoms with Crippen molar-refractivity contribution in [2.75, 3.05) is 26.7 Å². The SMILES string of the molecule is CC(CO)C(C)NC(C)C1CCN(C)CC1. The van der Waals surface area contributed by atoms with E-state index in [1.165, 1.54) is 25.9 Å². The molecule has 96 valence electrons. The molecule has 0 aromatic carbocycles. The minimum absolute atomic E-state index is 0.272. The van der Waals surface area contributed by atoms with Crippen LogP contribution in [0.2, 0.25) is 0 Å². The quantitative estimate of drug-likeness (QED) is 0.745. The number of aliphatic hydroxyl groups is 1. The van der Waals surface area contributed by atoms with E-state index in [4.69, 9.17) is 5.11 Å². The second-order valence-electron chi connectivity index (χ2n) is 5.54. The Hall–Kier alpha value is -0.120. The Balaban J connectivity index is 2.31. The Morgan fingerprint density at radius 2 is 1.81 bits per heavy atom. The summed E-state index contributed by atoms with van der Waals surface area (Å²) in [6, 6.07) is 0.970. The first-order chi connectivity index (χ1) is 7.54. The molecule has 3 heteroatoms. The molecule has 1 rings (SSSR count). The zero-order valence-corrected chi connectivity index (χ0v) is 11.2. The lowest BCUT2D eigenvalue weighted by Gasteiger charge is -2.35. The molecule has 16 heavy (non-hydrogen) atoms. The van der Waals surface area contributed by atoms with Gasteiger partial charge in [0.05, 0.1) is 0 Å². The molecule has 3 unspecified atom stereocenters. The van der Waals surface area contributed by atoms with Gasteiger partial charge in [-0.1, -0.05) is 6.92 Å². The average molecular weight is 228 g/mol. The average Bonchev–Trinajstić information content (AvgIpc) is 2.28. The van der Waals surface area contributed by atoms with E-state index in [9.17, 15) is 0 Å². The lowest BCUT2D eigenvalue weighted by atomic mass is 9.89. The van der Waals surface area contributed by atoms with Crippen LogP contribution in [0, 0.1) is 11.8 Å². The van der Waals surface area contributed by atoms with Gasteiger partial charge in [-0.25, -0.2) is 0 Å². The van der Waals surface area contributed by atoms with E-state index in [0.29, 0.717) is 18.0 Å². The molecule has 0 saturated carbocycles. The van der Waals surface area contributed by atoms with Crippen LogP contribution in [-0.4, -0.2) is 48.8 Å². The third-order valence-electron chi connectivity index (χ3n) is 4.14. The molecule has 0 bridgehead atoms.